The minimum atomic E-state index is -0.236. The number of para-hydroxylation sites is 2. The first-order valence-corrected chi connectivity index (χ1v) is 9.06. The zero-order chi connectivity index (χ0) is 19.4. The van der Waals surface area contributed by atoms with Gasteiger partial charge in [-0.25, -0.2) is 4.98 Å². The number of ether oxygens (including phenoxy) is 1. The fourth-order valence-corrected chi connectivity index (χ4v) is 3.00. The quantitative estimate of drug-likeness (QED) is 0.641. The van der Waals surface area contributed by atoms with Gasteiger partial charge in [-0.2, -0.15) is 0 Å². The van der Waals surface area contributed by atoms with Crippen LogP contribution in [-0.2, 0) is 11.3 Å². The third-order valence-corrected chi connectivity index (χ3v) is 4.38. The van der Waals surface area contributed by atoms with Gasteiger partial charge in [0.15, 0.2) is 0 Å². The van der Waals surface area contributed by atoms with Crippen molar-refractivity contribution in [3.63, 3.8) is 0 Å². The van der Waals surface area contributed by atoms with Crippen LogP contribution in [-0.4, -0.2) is 22.1 Å². The Morgan fingerprint density at radius 3 is 2.78 bits per heavy atom. The van der Waals surface area contributed by atoms with Crippen LogP contribution in [0.4, 0.5) is 0 Å². The first-order valence-electron chi connectivity index (χ1n) is 9.06. The highest BCUT2D eigenvalue weighted by molar-refractivity contribution is 5.92. The molecule has 0 spiro atoms. The maximum Gasteiger partial charge on any atom is 0.246 e. The third-order valence-electron chi connectivity index (χ3n) is 4.38. The lowest BCUT2D eigenvalue weighted by atomic mass is 10.2. The molecule has 1 heterocycles. The van der Waals surface area contributed by atoms with Crippen molar-refractivity contribution in [2.45, 2.75) is 33.4 Å². The molecule has 5 heteroatoms. The second kappa shape index (κ2) is 8.08. The molecule has 0 saturated heterocycles. The van der Waals surface area contributed by atoms with E-state index < -0.39 is 0 Å². The number of fused-ring (bicyclic) bond motifs is 1. The number of nitrogens with one attached hydrogen (secondary N) is 1. The van der Waals surface area contributed by atoms with Crippen molar-refractivity contribution in [2.75, 3.05) is 6.61 Å². The maximum atomic E-state index is 12.0. The van der Waals surface area contributed by atoms with Crippen molar-refractivity contribution in [2.24, 2.45) is 0 Å². The Kier molecular flexibility index (Phi) is 5.60. The van der Waals surface area contributed by atoms with Gasteiger partial charge in [0, 0.05) is 5.57 Å². The summed E-state index contributed by atoms with van der Waals surface area (Å²) >= 11 is 0. The van der Waals surface area contributed by atoms with Gasteiger partial charge in [0.25, 0.3) is 0 Å². The molecule has 0 fully saturated rings. The molecule has 0 aliphatic heterocycles. The van der Waals surface area contributed by atoms with E-state index in [-0.39, 0.29) is 11.9 Å². The molecule has 1 unspecified atom stereocenters. The lowest BCUT2D eigenvalue weighted by molar-refractivity contribution is -0.118. The number of amides is 1. The van der Waals surface area contributed by atoms with E-state index in [1.807, 2.05) is 62.4 Å². The molecule has 1 atom stereocenters. The minimum Gasteiger partial charge on any atom is -0.492 e. The lowest BCUT2D eigenvalue weighted by Crippen LogP contribution is -2.29. The van der Waals surface area contributed by atoms with Crippen molar-refractivity contribution >= 4 is 16.9 Å². The summed E-state index contributed by atoms with van der Waals surface area (Å²) in [5, 5.41) is 2.95. The van der Waals surface area contributed by atoms with Gasteiger partial charge in [-0.1, -0.05) is 30.8 Å². The molecule has 3 aromatic rings. The fraction of sp³-hybridized carbons (Fsp3) is 0.273. The molecule has 5 nitrogen and oxygen atoms in total. The summed E-state index contributed by atoms with van der Waals surface area (Å²) in [6, 6.07) is 15.7. The third kappa shape index (κ3) is 4.37. The first kappa shape index (κ1) is 18.7. The smallest absolute Gasteiger partial charge is 0.246 e. The lowest BCUT2D eigenvalue weighted by Gasteiger charge is -2.17. The van der Waals surface area contributed by atoms with E-state index in [4.69, 9.17) is 9.72 Å². The summed E-state index contributed by atoms with van der Waals surface area (Å²) in [6.07, 6.45) is 0. The van der Waals surface area contributed by atoms with E-state index in [1.54, 1.807) is 6.92 Å². The number of nitrogens with zero attached hydrogens (tertiary/aromatic N) is 2. The first-order chi connectivity index (χ1) is 13.0. The molecule has 2 aromatic carbocycles. The van der Waals surface area contributed by atoms with Gasteiger partial charge in [-0.3, -0.25) is 4.79 Å². The highest BCUT2D eigenvalue weighted by Gasteiger charge is 2.18. The van der Waals surface area contributed by atoms with Crippen molar-refractivity contribution in [3.8, 4) is 5.75 Å². The number of carbonyl (C=O) groups is 1. The van der Waals surface area contributed by atoms with E-state index in [2.05, 4.69) is 16.5 Å². The van der Waals surface area contributed by atoms with Gasteiger partial charge in [-0.15, -0.1) is 0 Å². The van der Waals surface area contributed by atoms with E-state index in [0.717, 1.165) is 28.2 Å². The average Bonchev–Trinajstić information content (AvgIpc) is 3.00. The number of rotatable bonds is 7. The molecule has 0 bridgehead atoms. The zero-order valence-corrected chi connectivity index (χ0v) is 16.0. The van der Waals surface area contributed by atoms with Crippen LogP contribution in [0.1, 0.15) is 31.3 Å². The predicted octanol–water partition coefficient (Wildman–Crippen LogP) is 4.18. The molecular weight excluding hydrogens is 338 g/mol. The molecule has 1 amide bonds. The summed E-state index contributed by atoms with van der Waals surface area (Å²) in [7, 11) is 0. The Balaban J connectivity index is 1.81. The second-order valence-corrected chi connectivity index (χ2v) is 6.75. The van der Waals surface area contributed by atoms with Crippen LogP contribution in [0.5, 0.6) is 5.75 Å². The summed E-state index contributed by atoms with van der Waals surface area (Å²) in [4.78, 5) is 16.7. The fourth-order valence-electron chi connectivity index (χ4n) is 3.00. The van der Waals surface area contributed by atoms with Crippen molar-refractivity contribution in [1.82, 2.24) is 14.9 Å². The van der Waals surface area contributed by atoms with Crippen LogP contribution in [0.2, 0.25) is 0 Å². The van der Waals surface area contributed by atoms with Gasteiger partial charge < -0.3 is 14.6 Å². The van der Waals surface area contributed by atoms with Gasteiger partial charge in [0.1, 0.15) is 18.2 Å². The molecule has 3 rings (SSSR count). The predicted molar refractivity (Wildman–Crippen MR) is 108 cm³/mol. The molecule has 27 heavy (non-hydrogen) atoms. The molecule has 0 radical (unpaired) electrons. The van der Waals surface area contributed by atoms with Gasteiger partial charge in [0.2, 0.25) is 5.91 Å². The Morgan fingerprint density at radius 1 is 1.26 bits per heavy atom. The molecule has 1 N–H and O–H groups in total. The molecule has 1 aromatic heterocycles. The number of aromatic nitrogens is 2. The van der Waals surface area contributed by atoms with Crippen LogP contribution >= 0.6 is 0 Å². The highest BCUT2D eigenvalue weighted by atomic mass is 16.5. The largest absolute Gasteiger partial charge is 0.492 e. The molecule has 140 valence electrons. The van der Waals surface area contributed by atoms with Gasteiger partial charge in [0.05, 0.1) is 23.6 Å². The average molecular weight is 363 g/mol. The Labute approximate surface area is 159 Å². The number of aryl methyl sites for hydroxylation is 1. The monoisotopic (exact) mass is 363 g/mol. The topological polar surface area (TPSA) is 56.2 Å². The standard InChI is InChI=1S/C22H25N3O2/c1-15(2)22(26)23-17(4)21-24-19-10-5-6-11-20(19)25(21)12-13-27-18-9-7-8-16(3)14-18/h5-11,14,17H,1,12-13H2,2-4H3,(H,23,26). The minimum absolute atomic E-state index is 0.169. The van der Waals surface area contributed by atoms with Gasteiger partial charge in [-0.05, 0) is 50.6 Å². The zero-order valence-electron chi connectivity index (χ0n) is 16.0. The SMILES string of the molecule is C=C(C)C(=O)NC(C)c1nc2ccccc2n1CCOc1cccc(C)c1. The number of benzene rings is 2. The van der Waals surface area contributed by atoms with E-state index in [1.165, 1.54) is 0 Å². The normalized spacial score (nSPS) is 12.0. The van der Waals surface area contributed by atoms with Crippen molar-refractivity contribution in [3.05, 3.63) is 72.1 Å². The number of imidazole rings is 1. The Hall–Kier alpha value is -3.08. The maximum absolute atomic E-state index is 12.0. The van der Waals surface area contributed by atoms with Crippen LogP contribution in [0, 0.1) is 6.92 Å². The number of hydrogen-bond donors (Lipinski definition) is 1. The molecular formula is C22H25N3O2. The van der Waals surface area contributed by atoms with E-state index in [0.29, 0.717) is 18.7 Å². The second-order valence-electron chi connectivity index (χ2n) is 6.75. The van der Waals surface area contributed by atoms with Crippen LogP contribution in [0.3, 0.4) is 0 Å². The van der Waals surface area contributed by atoms with Crippen LogP contribution < -0.4 is 10.1 Å². The Morgan fingerprint density at radius 2 is 2.04 bits per heavy atom. The van der Waals surface area contributed by atoms with E-state index in [9.17, 15) is 4.79 Å². The van der Waals surface area contributed by atoms with Gasteiger partial charge >= 0.3 is 0 Å². The summed E-state index contributed by atoms with van der Waals surface area (Å²) in [6.45, 7) is 10.5. The summed E-state index contributed by atoms with van der Waals surface area (Å²) < 4.78 is 8.02. The number of hydrogen-bond acceptors (Lipinski definition) is 3. The summed E-state index contributed by atoms with van der Waals surface area (Å²) in [5.74, 6) is 1.49. The Bertz CT molecular complexity index is 975. The van der Waals surface area contributed by atoms with E-state index >= 15 is 0 Å². The van der Waals surface area contributed by atoms with Crippen molar-refractivity contribution < 1.29 is 9.53 Å². The van der Waals surface area contributed by atoms with Crippen LogP contribution in [0.25, 0.3) is 11.0 Å². The number of carbonyl (C=O) groups excluding carboxylic acids is 1. The molecule has 0 saturated carbocycles. The van der Waals surface area contributed by atoms with Crippen molar-refractivity contribution in [1.29, 1.82) is 0 Å². The van der Waals surface area contributed by atoms with Crippen LogP contribution in [0.15, 0.2) is 60.7 Å². The molecule has 0 aliphatic carbocycles. The highest BCUT2D eigenvalue weighted by Crippen LogP contribution is 2.21. The molecule has 0 aliphatic rings. The summed E-state index contributed by atoms with van der Waals surface area (Å²) in [5.41, 5.74) is 3.57.